The molecule has 28 heavy (non-hydrogen) atoms. The molecule has 1 aliphatic heterocycles. The van der Waals surface area contributed by atoms with E-state index in [1.807, 2.05) is 53.4 Å². The Morgan fingerprint density at radius 2 is 1.79 bits per heavy atom. The molecular weight excluding hydrogens is 378 g/mol. The Morgan fingerprint density at radius 3 is 2.50 bits per heavy atom. The van der Waals surface area contributed by atoms with Crippen molar-refractivity contribution in [1.82, 2.24) is 4.90 Å². The minimum absolute atomic E-state index is 0.126. The number of β-amino-alcohol motifs (C(OH)–C–C–N with tert-alkyl or cyclic N) is 2. The summed E-state index contributed by atoms with van der Waals surface area (Å²) in [5.74, 6) is 0.126. The summed E-state index contributed by atoms with van der Waals surface area (Å²) in [7, 11) is 0. The van der Waals surface area contributed by atoms with Crippen LogP contribution in [0.2, 0.25) is 5.02 Å². The summed E-state index contributed by atoms with van der Waals surface area (Å²) >= 11 is 5.92. The second-order valence-corrected chi connectivity index (χ2v) is 7.39. The third-order valence-corrected chi connectivity index (χ3v) is 5.02. The lowest BCUT2D eigenvalue weighted by Crippen LogP contribution is -2.24. The first-order chi connectivity index (χ1) is 13.5. The second-order valence-electron chi connectivity index (χ2n) is 6.95. The normalized spacial score (nSPS) is 19.5. The molecule has 0 amide bonds. The molecule has 150 valence electrons. The highest BCUT2D eigenvalue weighted by Crippen LogP contribution is 2.18. The lowest BCUT2D eigenvalue weighted by atomic mass is 10.1. The van der Waals surface area contributed by atoms with Crippen LogP contribution in [0.4, 0.5) is 5.69 Å². The fourth-order valence-electron chi connectivity index (χ4n) is 3.20. The summed E-state index contributed by atoms with van der Waals surface area (Å²) in [5.41, 5.74) is 2.65. The molecule has 0 bridgehead atoms. The monoisotopic (exact) mass is 403 g/mol. The molecule has 4 N–H and O–H groups in total. The Kier molecular flexibility index (Phi) is 7.28. The second kappa shape index (κ2) is 9.89. The molecule has 1 fully saturated rings. The lowest BCUT2D eigenvalue weighted by molar-refractivity contribution is 0.0572. The van der Waals surface area contributed by atoms with Crippen molar-refractivity contribution in [1.29, 1.82) is 5.41 Å². The molecule has 2 unspecified atom stereocenters. The van der Waals surface area contributed by atoms with E-state index in [4.69, 9.17) is 21.7 Å². The van der Waals surface area contributed by atoms with Gasteiger partial charge in [0.2, 0.25) is 5.90 Å². The maximum Gasteiger partial charge on any atom is 0.215 e. The molecule has 0 aliphatic carbocycles. The minimum Gasteiger partial charge on any atom is -0.478 e. The molecule has 1 heterocycles. The van der Waals surface area contributed by atoms with Crippen LogP contribution < -0.4 is 5.32 Å². The lowest BCUT2D eigenvalue weighted by Gasteiger charge is -2.16. The third-order valence-electron chi connectivity index (χ3n) is 4.77. The fraction of sp³-hybridized carbons (Fsp3) is 0.381. The third kappa shape index (κ3) is 5.69. The van der Waals surface area contributed by atoms with Crippen molar-refractivity contribution in [2.45, 2.75) is 25.2 Å². The van der Waals surface area contributed by atoms with Crippen LogP contribution in [0.15, 0.2) is 48.5 Å². The number of likely N-dealkylation sites (tertiary alicyclic amines) is 1. The van der Waals surface area contributed by atoms with Gasteiger partial charge >= 0.3 is 0 Å². The summed E-state index contributed by atoms with van der Waals surface area (Å²) in [6.45, 7) is 2.72. The maximum atomic E-state index is 9.57. The van der Waals surface area contributed by atoms with E-state index in [9.17, 15) is 10.2 Å². The van der Waals surface area contributed by atoms with Crippen molar-refractivity contribution >= 4 is 23.2 Å². The molecular formula is C21H26ClN3O3. The molecule has 1 saturated heterocycles. The molecule has 2 atom stereocenters. The van der Waals surface area contributed by atoms with Crippen LogP contribution in [0, 0.1) is 5.41 Å². The van der Waals surface area contributed by atoms with Crippen LogP contribution in [0.5, 0.6) is 0 Å². The average Bonchev–Trinajstić information content (AvgIpc) is 3.02. The number of aliphatic hydroxyl groups excluding tert-OH is 2. The van der Waals surface area contributed by atoms with Gasteiger partial charge in [0.1, 0.15) is 0 Å². The predicted molar refractivity (Wildman–Crippen MR) is 111 cm³/mol. The minimum atomic E-state index is -0.669. The zero-order valence-corrected chi connectivity index (χ0v) is 16.4. The quantitative estimate of drug-likeness (QED) is 0.309. The first-order valence-electron chi connectivity index (χ1n) is 9.40. The van der Waals surface area contributed by atoms with Crippen LogP contribution >= 0.6 is 11.6 Å². The fourth-order valence-corrected chi connectivity index (χ4v) is 3.33. The summed E-state index contributed by atoms with van der Waals surface area (Å²) < 4.78 is 5.62. The Morgan fingerprint density at radius 1 is 1.11 bits per heavy atom. The summed E-state index contributed by atoms with van der Waals surface area (Å²) in [5, 5.41) is 31.4. The SMILES string of the molecule is N=C(OCCCN1CC(O)C(O)C1)c1ccccc1NCc1ccc(Cl)cc1. The highest BCUT2D eigenvalue weighted by Gasteiger charge is 2.28. The smallest absolute Gasteiger partial charge is 0.215 e. The van der Waals surface area contributed by atoms with Crippen molar-refractivity contribution in [3.63, 3.8) is 0 Å². The number of ether oxygens (including phenoxy) is 1. The summed E-state index contributed by atoms with van der Waals surface area (Å²) in [4.78, 5) is 2.00. The highest BCUT2D eigenvalue weighted by molar-refractivity contribution is 6.30. The number of aliphatic hydroxyl groups is 2. The number of anilines is 1. The van der Waals surface area contributed by atoms with E-state index in [1.54, 1.807) is 0 Å². The van der Waals surface area contributed by atoms with Crippen molar-refractivity contribution in [2.75, 3.05) is 31.6 Å². The van der Waals surface area contributed by atoms with Gasteiger partial charge in [0.15, 0.2) is 0 Å². The number of nitrogens with zero attached hydrogens (tertiary/aromatic N) is 1. The molecule has 1 aliphatic rings. The van der Waals surface area contributed by atoms with Crippen molar-refractivity contribution < 1.29 is 14.9 Å². The standard InChI is InChI=1S/C21H26ClN3O3/c22-16-8-6-15(7-9-16)12-24-18-5-2-1-4-17(18)21(23)28-11-3-10-25-13-19(26)20(27)14-25/h1-2,4-9,19-20,23-24,26-27H,3,10-14H2. The molecule has 0 spiro atoms. The molecule has 3 rings (SSSR count). The van der Waals surface area contributed by atoms with Crippen molar-refractivity contribution in [3.8, 4) is 0 Å². The van der Waals surface area contributed by atoms with E-state index in [-0.39, 0.29) is 5.90 Å². The zero-order chi connectivity index (χ0) is 19.9. The van der Waals surface area contributed by atoms with Crippen LogP contribution in [0.3, 0.4) is 0 Å². The van der Waals surface area contributed by atoms with Crippen molar-refractivity contribution in [2.24, 2.45) is 0 Å². The molecule has 7 heteroatoms. The van der Waals surface area contributed by atoms with Gasteiger partial charge in [-0.05, 0) is 36.2 Å². The van der Waals surface area contributed by atoms with Crippen LogP contribution in [-0.4, -0.2) is 59.5 Å². The number of halogens is 1. The van der Waals surface area contributed by atoms with Gasteiger partial charge in [-0.25, -0.2) is 0 Å². The zero-order valence-electron chi connectivity index (χ0n) is 15.6. The highest BCUT2D eigenvalue weighted by atomic mass is 35.5. The van der Waals surface area contributed by atoms with Gasteiger partial charge in [0.25, 0.3) is 0 Å². The van der Waals surface area contributed by atoms with E-state index >= 15 is 0 Å². The van der Waals surface area contributed by atoms with E-state index in [1.165, 1.54) is 0 Å². The van der Waals surface area contributed by atoms with E-state index in [0.717, 1.165) is 24.2 Å². The molecule has 0 saturated carbocycles. The van der Waals surface area contributed by atoms with Gasteiger partial charge in [-0.2, -0.15) is 0 Å². The number of hydrogen-bond donors (Lipinski definition) is 4. The van der Waals surface area contributed by atoms with Crippen LogP contribution in [-0.2, 0) is 11.3 Å². The average molecular weight is 404 g/mol. The van der Waals surface area contributed by atoms with E-state index in [0.29, 0.717) is 36.8 Å². The number of para-hydroxylation sites is 1. The largest absolute Gasteiger partial charge is 0.478 e. The first-order valence-corrected chi connectivity index (χ1v) is 9.78. The van der Waals surface area contributed by atoms with Gasteiger partial charge < -0.3 is 20.3 Å². The van der Waals surface area contributed by atoms with Gasteiger partial charge in [-0.3, -0.25) is 10.3 Å². The number of rotatable bonds is 8. The first kappa shape index (κ1) is 20.6. The van der Waals surface area contributed by atoms with Gasteiger partial charge in [-0.15, -0.1) is 0 Å². The van der Waals surface area contributed by atoms with E-state index < -0.39 is 12.2 Å². The number of hydrogen-bond acceptors (Lipinski definition) is 6. The van der Waals surface area contributed by atoms with Gasteiger partial charge in [0.05, 0.1) is 24.4 Å². The molecule has 0 aromatic heterocycles. The van der Waals surface area contributed by atoms with Gasteiger partial charge in [0, 0.05) is 36.9 Å². The maximum absolute atomic E-state index is 9.57. The Bertz CT molecular complexity index is 775. The summed E-state index contributed by atoms with van der Waals surface area (Å²) in [6, 6.07) is 15.2. The Labute approximate surface area is 170 Å². The molecule has 0 radical (unpaired) electrons. The molecule has 6 nitrogen and oxygen atoms in total. The van der Waals surface area contributed by atoms with E-state index in [2.05, 4.69) is 5.32 Å². The topological polar surface area (TPSA) is 88.8 Å². The number of benzene rings is 2. The summed E-state index contributed by atoms with van der Waals surface area (Å²) in [6.07, 6.45) is -0.613. The van der Waals surface area contributed by atoms with Crippen LogP contribution in [0.25, 0.3) is 0 Å². The van der Waals surface area contributed by atoms with Gasteiger partial charge in [-0.1, -0.05) is 35.9 Å². The van der Waals surface area contributed by atoms with Crippen molar-refractivity contribution in [3.05, 3.63) is 64.7 Å². The predicted octanol–water partition coefficient (Wildman–Crippen LogP) is 2.72. The van der Waals surface area contributed by atoms with Crippen LogP contribution in [0.1, 0.15) is 17.5 Å². The number of nitrogens with one attached hydrogen (secondary N) is 2. The molecule has 2 aromatic carbocycles. The Balaban J connectivity index is 1.47. The Hall–Kier alpha value is -2.12. The molecule has 2 aromatic rings.